The van der Waals surface area contributed by atoms with Crippen LogP contribution >= 0.6 is 23.2 Å². The Balaban J connectivity index is 1.76. The van der Waals surface area contributed by atoms with Gasteiger partial charge < -0.3 is 19.7 Å². The van der Waals surface area contributed by atoms with E-state index < -0.39 is 5.92 Å². The van der Waals surface area contributed by atoms with Crippen LogP contribution in [0.1, 0.15) is 6.42 Å². The summed E-state index contributed by atoms with van der Waals surface area (Å²) in [6, 6.07) is 10.2. The van der Waals surface area contributed by atoms with E-state index in [9.17, 15) is 9.59 Å². The molecule has 1 saturated heterocycles. The molecule has 1 aliphatic heterocycles. The number of ether oxygens (including phenoxy) is 2. The maximum atomic E-state index is 12.7. The fourth-order valence-corrected chi connectivity index (χ4v) is 3.35. The number of hydrogen-bond acceptors (Lipinski definition) is 4. The van der Waals surface area contributed by atoms with Gasteiger partial charge in [0.1, 0.15) is 11.5 Å². The summed E-state index contributed by atoms with van der Waals surface area (Å²) in [5.41, 5.74) is 1.02. The van der Waals surface area contributed by atoms with Crippen molar-refractivity contribution in [3.8, 4) is 11.5 Å². The summed E-state index contributed by atoms with van der Waals surface area (Å²) < 4.78 is 10.4. The smallest absolute Gasteiger partial charge is 0.229 e. The Morgan fingerprint density at radius 2 is 1.96 bits per heavy atom. The summed E-state index contributed by atoms with van der Waals surface area (Å²) in [5, 5.41) is 3.47. The lowest BCUT2D eigenvalue weighted by Crippen LogP contribution is -2.28. The number of hydrogen-bond donors (Lipinski definition) is 1. The zero-order valence-corrected chi connectivity index (χ0v) is 16.3. The zero-order valence-electron chi connectivity index (χ0n) is 14.8. The summed E-state index contributed by atoms with van der Waals surface area (Å²) in [6.45, 7) is 0.225. The van der Waals surface area contributed by atoms with Crippen LogP contribution in [0.2, 0.25) is 10.0 Å². The number of anilines is 2. The molecule has 1 atom stereocenters. The van der Waals surface area contributed by atoms with Crippen LogP contribution in [0.5, 0.6) is 11.5 Å². The first kappa shape index (κ1) is 19.3. The van der Waals surface area contributed by atoms with E-state index in [1.165, 1.54) is 12.0 Å². The second kappa shape index (κ2) is 8.06. The largest absolute Gasteiger partial charge is 0.497 e. The molecule has 0 bridgehead atoms. The molecule has 142 valence electrons. The minimum atomic E-state index is -0.514. The molecule has 0 aliphatic carbocycles. The van der Waals surface area contributed by atoms with E-state index in [0.717, 1.165) is 0 Å². The lowest BCUT2D eigenvalue weighted by molar-refractivity contribution is -0.122. The van der Waals surface area contributed by atoms with Crippen LogP contribution in [0.25, 0.3) is 0 Å². The Kier molecular flexibility index (Phi) is 5.77. The van der Waals surface area contributed by atoms with Crippen molar-refractivity contribution in [3.05, 3.63) is 46.4 Å². The maximum Gasteiger partial charge on any atom is 0.229 e. The summed E-state index contributed by atoms with van der Waals surface area (Å²) in [6.07, 6.45) is 0.0904. The van der Waals surface area contributed by atoms with Gasteiger partial charge in [0.2, 0.25) is 11.8 Å². The molecule has 0 unspecified atom stereocenters. The molecule has 0 aromatic heterocycles. The molecule has 2 aromatic rings. The number of carbonyl (C=O) groups excluding carboxylic acids is 2. The molecular formula is C19H18Cl2N2O4. The van der Waals surface area contributed by atoms with Gasteiger partial charge in [0.15, 0.2) is 0 Å². The highest BCUT2D eigenvalue weighted by molar-refractivity contribution is 6.44. The summed E-state index contributed by atoms with van der Waals surface area (Å²) >= 11 is 12.2. The second-order valence-electron chi connectivity index (χ2n) is 6.03. The molecule has 6 nitrogen and oxygen atoms in total. The van der Waals surface area contributed by atoms with Gasteiger partial charge in [-0.15, -0.1) is 0 Å². The highest BCUT2D eigenvalue weighted by Gasteiger charge is 2.36. The lowest BCUT2D eigenvalue weighted by atomic mass is 10.1. The van der Waals surface area contributed by atoms with Crippen LogP contribution in [-0.4, -0.2) is 32.6 Å². The molecule has 0 spiro atoms. The van der Waals surface area contributed by atoms with E-state index in [1.54, 1.807) is 43.5 Å². The van der Waals surface area contributed by atoms with Gasteiger partial charge in [-0.3, -0.25) is 9.59 Å². The van der Waals surface area contributed by atoms with Crippen molar-refractivity contribution in [1.82, 2.24) is 0 Å². The normalized spacial score (nSPS) is 16.4. The molecule has 1 aliphatic rings. The lowest BCUT2D eigenvalue weighted by Gasteiger charge is -2.19. The quantitative estimate of drug-likeness (QED) is 0.811. The Hall–Kier alpha value is -2.44. The van der Waals surface area contributed by atoms with Crippen molar-refractivity contribution in [2.24, 2.45) is 5.92 Å². The monoisotopic (exact) mass is 408 g/mol. The summed E-state index contributed by atoms with van der Waals surface area (Å²) in [7, 11) is 3.05. The Morgan fingerprint density at radius 1 is 1.19 bits per heavy atom. The van der Waals surface area contributed by atoms with Crippen molar-refractivity contribution in [2.45, 2.75) is 6.42 Å². The Labute approximate surface area is 167 Å². The molecule has 1 heterocycles. The first-order valence-electron chi connectivity index (χ1n) is 8.22. The molecule has 1 N–H and O–H groups in total. The van der Waals surface area contributed by atoms with E-state index in [4.69, 9.17) is 32.7 Å². The van der Waals surface area contributed by atoms with Gasteiger partial charge in [-0.25, -0.2) is 0 Å². The van der Waals surface area contributed by atoms with Gasteiger partial charge in [0.25, 0.3) is 0 Å². The predicted octanol–water partition coefficient (Wildman–Crippen LogP) is 4.00. The number of carbonyl (C=O) groups is 2. The van der Waals surface area contributed by atoms with Crippen molar-refractivity contribution in [2.75, 3.05) is 31.0 Å². The third-order valence-electron chi connectivity index (χ3n) is 4.38. The number of nitrogens with zero attached hydrogens (tertiary/aromatic N) is 1. The fraction of sp³-hybridized carbons (Fsp3) is 0.263. The minimum absolute atomic E-state index is 0.0904. The van der Waals surface area contributed by atoms with Gasteiger partial charge in [-0.1, -0.05) is 29.3 Å². The SMILES string of the molecule is COc1ccc(NC(=O)[C@@H]2CC(=O)N(c3cccc(Cl)c3Cl)C2)c(OC)c1. The van der Waals surface area contributed by atoms with Crippen molar-refractivity contribution >= 4 is 46.4 Å². The summed E-state index contributed by atoms with van der Waals surface area (Å²) in [4.78, 5) is 26.6. The molecule has 2 amide bonds. The van der Waals surface area contributed by atoms with Crippen LogP contribution < -0.4 is 19.7 Å². The topological polar surface area (TPSA) is 67.9 Å². The Morgan fingerprint density at radius 3 is 2.67 bits per heavy atom. The number of rotatable bonds is 5. The third kappa shape index (κ3) is 3.96. The fourth-order valence-electron chi connectivity index (χ4n) is 2.95. The van der Waals surface area contributed by atoms with Crippen molar-refractivity contribution < 1.29 is 19.1 Å². The van der Waals surface area contributed by atoms with Crippen LogP contribution in [-0.2, 0) is 9.59 Å². The molecule has 0 saturated carbocycles. The van der Waals surface area contributed by atoms with E-state index in [1.807, 2.05) is 0 Å². The standard InChI is InChI=1S/C19H18Cl2N2O4/c1-26-12-6-7-14(16(9-12)27-2)22-19(25)11-8-17(24)23(10-11)15-5-3-4-13(20)18(15)21/h3-7,9,11H,8,10H2,1-2H3,(H,22,25)/t11-/m1/s1. The number of benzene rings is 2. The van der Waals surface area contributed by atoms with E-state index >= 15 is 0 Å². The number of amides is 2. The molecule has 0 radical (unpaired) electrons. The highest BCUT2D eigenvalue weighted by atomic mass is 35.5. The first-order valence-corrected chi connectivity index (χ1v) is 8.97. The Bertz CT molecular complexity index is 888. The number of methoxy groups -OCH3 is 2. The zero-order chi connectivity index (χ0) is 19.6. The van der Waals surface area contributed by atoms with Crippen LogP contribution in [0.4, 0.5) is 11.4 Å². The third-order valence-corrected chi connectivity index (χ3v) is 5.19. The molecule has 1 fully saturated rings. The molecule has 2 aromatic carbocycles. The average Bonchev–Trinajstić information content (AvgIpc) is 3.06. The first-order chi connectivity index (χ1) is 12.9. The van der Waals surface area contributed by atoms with Crippen molar-refractivity contribution in [3.63, 3.8) is 0 Å². The van der Waals surface area contributed by atoms with Crippen LogP contribution in [0.15, 0.2) is 36.4 Å². The van der Waals surface area contributed by atoms with Crippen molar-refractivity contribution in [1.29, 1.82) is 0 Å². The molecular weight excluding hydrogens is 391 g/mol. The maximum absolute atomic E-state index is 12.7. The van der Waals surface area contributed by atoms with Crippen LogP contribution in [0, 0.1) is 5.92 Å². The average molecular weight is 409 g/mol. The van der Waals surface area contributed by atoms with E-state index in [-0.39, 0.29) is 24.8 Å². The van der Waals surface area contributed by atoms with Crippen LogP contribution in [0.3, 0.4) is 0 Å². The van der Waals surface area contributed by atoms with E-state index in [0.29, 0.717) is 32.9 Å². The molecule has 27 heavy (non-hydrogen) atoms. The van der Waals surface area contributed by atoms with Gasteiger partial charge in [-0.2, -0.15) is 0 Å². The predicted molar refractivity (Wildman–Crippen MR) is 105 cm³/mol. The summed E-state index contributed by atoms with van der Waals surface area (Å²) in [5.74, 6) is 0.122. The molecule has 8 heteroatoms. The molecule has 3 rings (SSSR count). The van der Waals surface area contributed by atoms with Gasteiger partial charge in [-0.05, 0) is 24.3 Å². The number of nitrogens with one attached hydrogen (secondary N) is 1. The van der Waals surface area contributed by atoms with Gasteiger partial charge in [0, 0.05) is 19.0 Å². The minimum Gasteiger partial charge on any atom is -0.497 e. The van der Waals surface area contributed by atoms with Gasteiger partial charge in [0.05, 0.1) is 41.6 Å². The second-order valence-corrected chi connectivity index (χ2v) is 6.82. The van der Waals surface area contributed by atoms with Gasteiger partial charge >= 0.3 is 0 Å². The van der Waals surface area contributed by atoms with E-state index in [2.05, 4.69) is 5.32 Å². The number of halogens is 2. The highest BCUT2D eigenvalue weighted by Crippen LogP contribution is 2.36.